The zero-order chi connectivity index (χ0) is 26.4. The Kier molecular flexibility index (Phi) is 8.50. The zero-order valence-corrected chi connectivity index (χ0v) is 22.3. The number of carbonyl (C=O) groups is 2. The van der Waals surface area contributed by atoms with Gasteiger partial charge in [-0.05, 0) is 48.9 Å². The van der Waals surface area contributed by atoms with Crippen molar-refractivity contribution in [2.45, 2.75) is 46.2 Å². The number of amides is 2. The van der Waals surface area contributed by atoms with Crippen LogP contribution in [0.2, 0.25) is 0 Å². The quantitative estimate of drug-likeness (QED) is 0.303. The Morgan fingerprint density at radius 1 is 1.08 bits per heavy atom. The van der Waals surface area contributed by atoms with Gasteiger partial charge < -0.3 is 10.2 Å². The zero-order valence-electron chi connectivity index (χ0n) is 21.4. The number of nitrogens with zero attached hydrogens (tertiary/aromatic N) is 3. The van der Waals surface area contributed by atoms with E-state index >= 15 is 0 Å². The van der Waals surface area contributed by atoms with Gasteiger partial charge in [0.05, 0.1) is 18.1 Å². The maximum absolute atomic E-state index is 13.9. The third-order valence-corrected chi connectivity index (χ3v) is 7.24. The van der Waals surface area contributed by atoms with Crippen molar-refractivity contribution < 1.29 is 9.59 Å². The van der Waals surface area contributed by atoms with Gasteiger partial charge in [0.1, 0.15) is 10.5 Å². The van der Waals surface area contributed by atoms with Crippen LogP contribution >= 0.6 is 11.3 Å². The van der Waals surface area contributed by atoms with E-state index in [2.05, 4.69) is 5.32 Å². The van der Waals surface area contributed by atoms with Crippen LogP contribution in [0.1, 0.15) is 60.0 Å². The van der Waals surface area contributed by atoms with Crippen molar-refractivity contribution in [2.75, 3.05) is 13.1 Å². The molecule has 0 bridgehead atoms. The van der Waals surface area contributed by atoms with Gasteiger partial charge >= 0.3 is 0 Å². The normalized spacial score (nSPS) is 11.9. The third kappa shape index (κ3) is 6.14. The molecule has 8 heteroatoms. The van der Waals surface area contributed by atoms with Crippen LogP contribution in [0.4, 0.5) is 0 Å². The second-order valence-electron chi connectivity index (χ2n) is 9.11. The average molecular weight is 517 g/mol. The van der Waals surface area contributed by atoms with Crippen LogP contribution in [-0.4, -0.2) is 39.4 Å². The minimum atomic E-state index is -0.424. The Morgan fingerprint density at radius 2 is 1.81 bits per heavy atom. The van der Waals surface area contributed by atoms with Gasteiger partial charge in [-0.1, -0.05) is 55.0 Å². The third-order valence-electron chi connectivity index (χ3n) is 6.35. The average Bonchev–Trinajstić information content (AvgIpc) is 3.37. The highest BCUT2D eigenvalue weighted by molar-refractivity contribution is 7.17. The maximum Gasteiger partial charge on any atom is 0.271 e. The first kappa shape index (κ1) is 26.3. The van der Waals surface area contributed by atoms with Gasteiger partial charge in [0.15, 0.2) is 0 Å². The molecule has 4 rings (SSSR count). The summed E-state index contributed by atoms with van der Waals surface area (Å²) < 4.78 is 2.32. The van der Waals surface area contributed by atoms with Crippen LogP contribution in [-0.2, 0) is 11.3 Å². The number of hydrogen-bond acceptors (Lipinski definition) is 5. The van der Waals surface area contributed by atoms with Crippen molar-refractivity contribution in [3.63, 3.8) is 0 Å². The molecule has 1 atom stereocenters. The van der Waals surface area contributed by atoms with E-state index in [9.17, 15) is 14.4 Å². The van der Waals surface area contributed by atoms with Gasteiger partial charge in [0.25, 0.3) is 11.5 Å². The van der Waals surface area contributed by atoms with E-state index in [4.69, 9.17) is 4.98 Å². The molecular formula is C29H32N4O3S. The summed E-state index contributed by atoms with van der Waals surface area (Å²) in [6, 6.07) is 18.7. The first-order chi connectivity index (χ1) is 17.9. The summed E-state index contributed by atoms with van der Waals surface area (Å²) in [7, 11) is 0. The van der Waals surface area contributed by atoms with Crippen molar-refractivity contribution in [3.8, 4) is 0 Å². The summed E-state index contributed by atoms with van der Waals surface area (Å²) in [5, 5.41) is 4.69. The molecule has 4 aromatic rings. The lowest BCUT2D eigenvalue weighted by atomic mass is 10.1. The number of fused-ring (bicyclic) bond motifs is 1. The molecule has 0 saturated carbocycles. The summed E-state index contributed by atoms with van der Waals surface area (Å²) in [5.41, 5.74) is 3.19. The van der Waals surface area contributed by atoms with Crippen LogP contribution in [0.15, 0.2) is 70.8 Å². The number of nitrogens with one attached hydrogen (secondary N) is 1. The summed E-state index contributed by atoms with van der Waals surface area (Å²) in [6.07, 6.45) is 1.16. The van der Waals surface area contributed by atoms with Gasteiger partial charge in [-0.25, -0.2) is 4.98 Å². The van der Waals surface area contributed by atoms with E-state index in [1.54, 1.807) is 9.47 Å². The molecule has 2 heterocycles. The van der Waals surface area contributed by atoms with Crippen molar-refractivity contribution >= 4 is 33.4 Å². The molecule has 0 spiro atoms. The summed E-state index contributed by atoms with van der Waals surface area (Å²) in [5.74, 6) is 0.340. The monoisotopic (exact) mass is 516 g/mol. The van der Waals surface area contributed by atoms with Crippen LogP contribution in [0.5, 0.6) is 0 Å². The highest BCUT2D eigenvalue weighted by Gasteiger charge is 2.29. The minimum absolute atomic E-state index is 0.0988. The smallest absolute Gasteiger partial charge is 0.271 e. The van der Waals surface area contributed by atoms with Crippen molar-refractivity contribution in [1.82, 2.24) is 19.8 Å². The number of hydrogen-bond donors (Lipinski definition) is 1. The Morgan fingerprint density at radius 3 is 2.49 bits per heavy atom. The van der Waals surface area contributed by atoms with E-state index in [1.165, 1.54) is 18.3 Å². The van der Waals surface area contributed by atoms with E-state index in [-0.39, 0.29) is 17.4 Å². The molecule has 192 valence electrons. The number of benzene rings is 2. The highest BCUT2D eigenvalue weighted by atomic mass is 32.1. The number of rotatable bonds is 10. The molecule has 0 radical (unpaired) electrons. The van der Waals surface area contributed by atoms with Gasteiger partial charge in [0.2, 0.25) is 5.91 Å². The Balaban J connectivity index is 1.79. The fourth-order valence-corrected chi connectivity index (χ4v) is 5.23. The summed E-state index contributed by atoms with van der Waals surface area (Å²) in [6.45, 7) is 6.70. The number of aryl methyl sites for hydroxylation is 1. The molecule has 7 nitrogen and oxygen atoms in total. The second-order valence-corrected chi connectivity index (χ2v) is 10.0. The van der Waals surface area contributed by atoms with Gasteiger partial charge in [-0.2, -0.15) is 0 Å². The fourth-order valence-electron chi connectivity index (χ4n) is 4.45. The van der Waals surface area contributed by atoms with Gasteiger partial charge in [0, 0.05) is 25.6 Å². The predicted octanol–water partition coefficient (Wildman–Crippen LogP) is 4.93. The number of thiophene rings is 1. The predicted molar refractivity (Wildman–Crippen MR) is 148 cm³/mol. The maximum atomic E-state index is 13.9. The SMILES string of the molecule is CCC(c1nc2ccsc2c(=O)n1Cc1ccccc1)N(CCCNC(C)=O)C(=O)c1ccc(C)cc1. The van der Waals surface area contributed by atoms with E-state index < -0.39 is 6.04 Å². The molecule has 37 heavy (non-hydrogen) atoms. The molecule has 0 fully saturated rings. The lowest BCUT2D eigenvalue weighted by Gasteiger charge is -2.32. The van der Waals surface area contributed by atoms with E-state index in [0.717, 1.165) is 11.1 Å². The molecule has 2 aromatic carbocycles. The lowest BCUT2D eigenvalue weighted by molar-refractivity contribution is -0.118. The Hall–Kier alpha value is -3.78. The minimum Gasteiger partial charge on any atom is -0.356 e. The highest BCUT2D eigenvalue weighted by Crippen LogP contribution is 2.27. The molecule has 1 N–H and O–H groups in total. The van der Waals surface area contributed by atoms with Crippen LogP contribution in [0.3, 0.4) is 0 Å². The Bertz CT molecular complexity index is 1430. The number of carbonyl (C=O) groups excluding carboxylic acids is 2. The Labute approximate surface area is 220 Å². The number of aromatic nitrogens is 2. The van der Waals surface area contributed by atoms with E-state index in [1.807, 2.05) is 79.9 Å². The molecule has 1 unspecified atom stereocenters. The molecule has 0 aliphatic carbocycles. The molecule has 0 aliphatic heterocycles. The second kappa shape index (κ2) is 12.0. The summed E-state index contributed by atoms with van der Waals surface area (Å²) >= 11 is 1.38. The largest absolute Gasteiger partial charge is 0.356 e. The molecule has 2 aromatic heterocycles. The topological polar surface area (TPSA) is 84.3 Å². The van der Waals surface area contributed by atoms with Crippen LogP contribution in [0, 0.1) is 6.92 Å². The fraction of sp³-hybridized carbons (Fsp3) is 0.310. The van der Waals surface area contributed by atoms with Gasteiger partial charge in [-0.3, -0.25) is 19.0 Å². The summed E-state index contributed by atoms with van der Waals surface area (Å²) in [4.78, 5) is 45.6. The molecule has 2 amide bonds. The standard InChI is InChI=1S/C29H32N4O3S/c1-4-25(32(17-8-16-30-21(3)34)28(35)23-13-11-20(2)12-14-23)27-31-24-15-18-37-26(24)29(36)33(27)19-22-9-6-5-7-10-22/h5-7,9-15,18,25H,4,8,16-17,19H2,1-3H3,(H,30,34). The first-order valence-electron chi connectivity index (χ1n) is 12.5. The van der Waals surface area contributed by atoms with Crippen molar-refractivity contribution in [2.24, 2.45) is 0 Å². The molecular weight excluding hydrogens is 484 g/mol. The molecule has 0 saturated heterocycles. The van der Waals surface area contributed by atoms with E-state index in [0.29, 0.717) is 54.1 Å². The van der Waals surface area contributed by atoms with Crippen molar-refractivity contribution in [3.05, 3.63) is 98.9 Å². The van der Waals surface area contributed by atoms with Crippen LogP contribution in [0.25, 0.3) is 10.2 Å². The first-order valence-corrected chi connectivity index (χ1v) is 13.4. The lowest BCUT2D eigenvalue weighted by Crippen LogP contribution is -2.40. The molecule has 0 aliphatic rings. The van der Waals surface area contributed by atoms with Crippen LogP contribution < -0.4 is 10.9 Å². The van der Waals surface area contributed by atoms with Crippen molar-refractivity contribution in [1.29, 1.82) is 0 Å². The van der Waals surface area contributed by atoms with Gasteiger partial charge in [-0.15, -0.1) is 11.3 Å².